The molecule has 1 N–H and O–H groups in total. The van der Waals surface area contributed by atoms with Crippen molar-refractivity contribution in [2.24, 2.45) is 0 Å². The number of ether oxygens (including phenoxy) is 1. The number of benzene rings is 3. The monoisotopic (exact) mass is 446 g/mol. The van der Waals surface area contributed by atoms with Gasteiger partial charge in [0.05, 0.1) is 22.4 Å². The molecule has 1 aliphatic rings. The van der Waals surface area contributed by atoms with Crippen molar-refractivity contribution in [3.8, 4) is 5.75 Å². The van der Waals surface area contributed by atoms with E-state index in [4.69, 9.17) is 16.3 Å². The van der Waals surface area contributed by atoms with Crippen LogP contribution in [0.25, 0.3) is 5.57 Å². The zero-order valence-electron chi connectivity index (χ0n) is 18.1. The van der Waals surface area contributed by atoms with Crippen LogP contribution >= 0.6 is 11.6 Å². The van der Waals surface area contributed by atoms with Gasteiger partial charge in [-0.2, -0.15) is 0 Å². The molecule has 0 unspecified atom stereocenters. The number of hydrogen-bond acceptors (Lipinski definition) is 4. The number of nitrogens with zero attached hydrogens (tertiary/aromatic N) is 1. The predicted molar refractivity (Wildman–Crippen MR) is 128 cm³/mol. The summed E-state index contributed by atoms with van der Waals surface area (Å²) in [6.07, 6.45) is 0.0582. The number of nitrogens with one attached hydrogen (secondary N) is 1. The third-order valence-electron chi connectivity index (χ3n) is 5.01. The molecule has 32 heavy (non-hydrogen) atoms. The molecule has 0 bridgehead atoms. The summed E-state index contributed by atoms with van der Waals surface area (Å²) in [5.74, 6) is -0.153. The number of rotatable bonds is 6. The third kappa shape index (κ3) is 4.25. The molecule has 0 aliphatic carbocycles. The van der Waals surface area contributed by atoms with E-state index in [1.54, 1.807) is 24.3 Å². The zero-order valence-corrected chi connectivity index (χ0v) is 18.8. The van der Waals surface area contributed by atoms with Crippen LogP contribution in [0.3, 0.4) is 0 Å². The Hall–Kier alpha value is -3.57. The van der Waals surface area contributed by atoms with Crippen molar-refractivity contribution in [1.82, 2.24) is 0 Å². The molecule has 0 spiro atoms. The van der Waals surface area contributed by atoms with Crippen LogP contribution in [0.5, 0.6) is 5.75 Å². The smallest absolute Gasteiger partial charge is 0.282 e. The maximum atomic E-state index is 13.5. The number of hydrogen-bond donors (Lipinski definition) is 1. The van der Waals surface area contributed by atoms with Crippen LogP contribution in [0.1, 0.15) is 25.0 Å². The van der Waals surface area contributed by atoms with E-state index in [0.29, 0.717) is 27.5 Å². The average molecular weight is 447 g/mol. The van der Waals surface area contributed by atoms with Crippen molar-refractivity contribution >= 4 is 40.4 Å². The Labute approximate surface area is 192 Å². The molecule has 0 radical (unpaired) electrons. The number of anilines is 2. The highest BCUT2D eigenvalue weighted by Gasteiger charge is 2.41. The molecule has 1 heterocycles. The fourth-order valence-electron chi connectivity index (χ4n) is 3.52. The molecule has 4 rings (SSSR count). The number of para-hydroxylation sites is 1. The van der Waals surface area contributed by atoms with E-state index < -0.39 is 11.8 Å². The summed E-state index contributed by atoms with van der Waals surface area (Å²) in [5, 5.41) is 3.48. The molecular weight excluding hydrogens is 424 g/mol. The molecule has 0 fully saturated rings. The number of amides is 2. The average Bonchev–Trinajstić information content (AvgIpc) is 3.00. The van der Waals surface area contributed by atoms with Gasteiger partial charge in [-0.15, -0.1) is 0 Å². The van der Waals surface area contributed by atoms with Gasteiger partial charge in [0.15, 0.2) is 0 Å². The van der Waals surface area contributed by atoms with E-state index in [1.165, 1.54) is 0 Å². The molecule has 0 aromatic heterocycles. The van der Waals surface area contributed by atoms with Gasteiger partial charge in [0.2, 0.25) is 0 Å². The van der Waals surface area contributed by atoms with E-state index in [2.05, 4.69) is 5.32 Å². The number of carbonyl (C=O) groups excluding carboxylic acids is 2. The van der Waals surface area contributed by atoms with Crippen molar-refractivity contribution in [3.05, 3.63) is 94.6 Å². The normalized spacial score (nSPS) is 13.8. The quantitative estimate of drug-likeness (QED) is 0.484. The van der Waals surface area contributed by atoms with Gasteiger partial charge < -0.3 is 10.1 Å². The topological polar surface area (TPSA) is 58.6 Å². The second kappa shape index (κ2) is 8.89. The van der Waals surface area contributed by atoms with E-state index >= 15 is 0 Å². The second-order valence-electron chi connectivity index (χ2n) is 7.83. The summed E-state index contributed by atoms with van der Waals surface area (Å²) in [5.41, 5.74) is 3.25. The molecule has 3 aromatic carbocycles. The van der Waals surface area contributed by atoms with Gasteiger partial charge in [-0.25, -0.2) is 4.90 Å². The SMILES string of the molecule is Cc1ccc(C2=C(Nc3ccc(OC(C)C)cc3)C(=O)N(c3ccccc3Cl)C2=O)cc1. The molecule has 1 aliphatic heterocycles. The maximum absolute atomic E-state index is 13.5. The number of carbonyl (C=O) groups is 2. The van der Waals surface area contributed by atoms with Crippen molar-refractivity contribution in [2.75, 3.05) is 10.2 Å². The Bertz CT molecular complexity index is 1200. The number of imide groups is 1. The lowest BCUT2D eigenvalue weighted by Crippen LogP contribution is -2.32. The van der Waals surface area contributed by atoms with Crippen LogP contribution < -0.4 is 15.0 Å². The zero-order chi connectivity index (χ0) is 22.8. The molecule has 3 aromatic rings. The standard InChI is InChI=1S/C26H23ClN2O3/c1-16(2)32-20-14-12-19(13-15-20)28-24-23(18-10-8-17(3)9-11-18)25(30)29(26(24)31)22-7-5-4-6-21(22)27/h4-16,28H,1-3H3. The predicted octanol–water partition coefficient (Wildman–Crippen LogP) is 5.83. The number of aryl methyl sites for hydroxylation is 1. The fourth-order valence-corrected chi connectivity index (χ4v) is 3.74. The first-order chi connectivity index (χ1) is 15.3. The Balaban J connectivity index is 1.75. The largest absolute Gasteiger partial charge is 0.491 e. The second-order valence-corrected chi connectivity index (χ2v) is 8.24. The number of halogens is 1. The highest BCUT2D eigenvalue weighted by molar-refractivity contribution is 6.48. The van der Waals surface area contributed by atoms with Gasteiger partial charge in [0.25, 0.3) is 11.8 Å². The maximum Gasteiger partial charge on any atom is 0.282 e. The van der Waals surface area contributed by atoms with Gasteiger partial charge in [0.1, 0.15) is 11.4 Å². The summed E-state index contributed by atoms with van der Waals surface area (Å²) in [7, 11) is 0. The van der Waals surface area contributed by atoms with Crippen molar-refractivity contribution in [3.63, 3.8) is 0 Å². The molecule has 0 saturated heterocycles. The van der Waals surface area contributed by atoms with Gasteiger partial charge in [0, 0.05) is 5.69 Å². The minimum absolute atomic E-state index is 0.0582. The van der Waals surface area contributed by atoms with E-state index in [0.717, 1.165) is 16.2 Å². The summed E-state index contributed by atoms with van der Waals surface area (Å²) in [4.78, 5) is 28.0. The van der Waals surface area contributed by atoms with Crippen molar-refractivity contribution in [2.45, 2.75) is 26.9 Å². The highest BCUT2D eigenvalue weighted by Crippen LogP contribution is 2.36. The van der Waals surface area contributed by atoms with Gasteiger partial charge in [-0.3, -0.25) is 9.59 Å². The molecule has 5 nitrogen and oxygen atoms in total. The van der Waals surface area contributed by atoms with Crippen LogP contribution in [-0.2, 0) is 9.59 Å². The molecule has 162 valence electrons. The molecular formula is C26H23ClN2O3. The molecule has 6 heteroatoms. The van der Waals surface area contributed by atoms with Crippen LogP contribution in [-0.4, -0.2) is 17.9 Å². The van der Waals surface area contributed by atoms with E-state index in [1.807, 2.05) is 69.3 Å². The molecule has 2 amide bonds. The lowest BCUT2D eigenvalue weighted by atomic mass is 10.0. The molecule has 0 atom stereocenters. The first-order valence-corrected chi connectivity index (χ1v) is 10.7. The molecule has 0 saturated carbocycles. The lowest BCUT2D eigenvalue weighted by Gasteiger charge is -2.17. The summed E-state index contributed by atoms with van der Waals surface area (Å²) < 4.78 is 5.68. The van der Waals surface area contributed by atoms with Gasteiger partial charge in [-0.05, 0) is 62.7 Å². The van der Waals surface area contributed by atoms with Crippen LogP contribution in [0, 0.1) is 6.92 Å². The van der Waals surface area contributed by atoms with Crippen LogP contribution in [0.4, 0.5) is 11.4 Å². The Morgan fingerprint density at radius 2 is 1.53 bits per heavy atom. The summed E-state index contributed by atoms with van der Waals surface area (Å²) in [6, 6.07) is 21.6. The minimum atomic E-state index is -0.457. The summed E-state index contributed by atoms with van der Waals surface area (Å²) >= 11 is 6.32. The fraction of sp³-hybridized carbons (Fsp3) is 0.154. The Morgan fingerprint density at radius 3 is 2.16 bits per heavy atom. The van der Waals surface area contributed by atoms with E-state index in [-0.39, 0.29) is 11.8 Å². The Morgan fingerprint density at radius 1 is 0.875 bits per heavy atom. The van der Waals surface area contributed by atoms with Gasteiger partial charge in [-0.1, -0.05) is 53.6 Å². The Kier molecular flexibility index (Phi) is 6.01. The van der Waals surface area contributed by atoms with Crippen molar-refractivity contribution < 1.29 is 14.3 Å². The van der Waals surface area contributed by atoms with Crippen LogP contribution in [0.2, 0.25) is 5.02 Å². The lowest BCUT2D eigenvalue weighted by molar-refractivity contribution is -0.120. The van der Waals surface area contributed by atoms with Crippen molar-refractivity contribution in [1.29, 1.82) is 0 Å². The van der Waals surface area contributed by atoms with Crippen LogP contribution in [0.15, 0.2) is 78.5 Å². The minimum Gasteiger partial charge on any atom is -0.491 e. The summed E-state index contributed by atoms with van der Waals surface area (Å²) in [6.45, 7) is 5.88. The third-order valence-corrected chi connectivity index (χ3v) is 5.33. The van der Waals surface area contributed by atoms with Gasteiger partial charge >= 0.3 is 0 Å². The first-order valence-electron chi connectivity index (χ1n) is 10.3. The first kappa shape index (κ1) is 21.7. The van der Waals surface area contributed by atoms with E-state index in [9.17, 15) is 9.59 Å². The highest BCUT2D eigenvalue weighted by atomic mass is 35.5.